The lowest BCUT2D eigenvalue weighted by atomic mass is 10.2. The second-order valence-corrected chi connectivity index (χ2v) is 9.50. The van der Waals surface area contributed by atoms with E-state index in [1.54, 1.807) is 6.07 Å². The van der Waals surface area contributed by atoms with Gasteiger partial charge >= 0.3 is 0 Å². The van der Waals surface area contributed by atoms with Crippen LogP contribution in [0.3, 0.4) is 0 Å². The van der Waals surface area contributed by atoms with Gasteiger partial charge in [0.1, 0.15) is 5.75 Å². The number of rotatable bonds is 8. The van der Waals surface area contributed by atoms with Crippen LogP contribution in [0.25, 0.3) is 10.6 Å². The smallest absolute Gasteiger partial charge is 0.271 e. The summed E-state index contributed by atoms with van der Waals surface area (Å²) in [5.74, 6) is -0.0304. The van der Waals surface area contributed by atoms with E-state index in [4.69, 9.17) is 4.74 Å². The van der Waals surface area contributed by atoms with Crippen LogP contribution in [0.2, 0.25) is 0 Å². The highest BCUT2D eigenvalue weighted by Crippen LogP contribution is 2.31. The molecular formula is C21H17N5O6S2. The van der Waals surface area contributed by atoms with Gasteiger partial charge in [0, 0.05) is 23.8 Å². The van der Waals surface area contributed by atoms with Gasteiger partial charge in [-0.2, -0.15) is 5.10 Å². The Kier molecular flexibility index (Phi) is 6.30. The molecule has 4 rings (SSSR count). The van der Waals surface area contributed by atoms with E-state index in [2.05, 4.69) is 20.2 Å². The molecule has 0 aliphatic heterocycles. The van der Waals surface area contributed by atoms with E-state index in [-0.39, 0.29) is 27.6 Å². The van der Waals surface area contributed by atoms with Crippen molar-refractivity contribution >= 4 is 44.5 Å². The number of H-pyrrole nitrogens is 1. The van der Waals surface area contributed by atoms with Crippen LogP contribution in [-0.2, 0) is 10.0 Å². The first-order valence-corrected chi connectivity index (χ1v) is 12.0. The first-order valence-electron chi connectivity index (χ1n) is 9.63. The fourth-order valence-corrected chi connectivity index (χ4v) is 4.76. The zero-order chi connectivity index (χ0) is 24.3. The average Bonchev–Trinajstić information content (AvgIpc) is 3.51. The maximum atomic E-state index is 12.8. The van der Waals surface area contributed by atoms with E-state index in [1.807, 2.05) is 17.5 Å². The standard InChI is InChI=1S/C21H17N5O6S2/c1-32-18-9-6-14(26(28)29)11-16(18)25-34(30,31)15-7-4-13(5-8-15)21(27)22-20-12-17(23-24-20)19-3-2-10-33-19/h2-12,25H,1H3,(H2,22,23,24,27). The molecule has 2 aromatic heterocycles. The van der Waals surface area contributed by atoms with Crippen LogP contribution in [0.4, 0.5) is 17.2 Å². The molecule has 0 saturated carbocycles. The van der Waals surface area contributed by atoms with E-state index < -0.39 is 20.9 Å². The quantitative estimate of drug-likeness (QED) is 0.243. The second-order valence-electron chi connectivity index (χ2n) is 6.87. The number of hydrogen-bond acceptors (Lipinski definition) is 8. The van der Waals surface area contributed by atoms with Crippen LogP contribution in [0.15, 0.2) is 70.9 Å². The number of methoxy groups -OCH3 is 1. The number of nitrogens with zero attached hydrogens (tertiary/aromatic N) is 2. The number of hydrogen-bond donors (Lipinski definition) is 3. The molecule has 0 radical (unpaired) electrons. The Bertz CT molecular complexity index is 1450. The summed E-state index contributed by atoms with van der Waals surface area (Å²) in [6.07, 6.45) is 0. The third kappa shape index (κ3) is 4.89. The van der Waals surface area contributed by atoms with E-state index >= 15 is 0 Å². The first kappa shape index (κ1) is 22.9. The van der Waals surface area contributed by atoms with Gasteiger partial charge in [-0.1, -0.05) is 6.07 Å². The number of amides is 1. The number of thiophene rings is 1. The molecule has 0 atom stereocenters. The molecule has 2 heterocycles. The fraction of sp³-hybridized carbons (Fsp3) is 0.0476. The van der Waals surface area contributed by atoms with Gasteiger partial charge in [0.15, 0.2) is 5.82 Å². The molecule has 0 bridgehead atoms. The number of benzene rings is 2. The normalized spacial score (nSPS) is 11.1. The monoisotopic (exact) mass is 499 g/mol. The van der Waals surface area contributed by atoms with Crippen LogP contribution in [0, 0.1) is 10.1 Å². The van der Waals surface area contributed by atoms with E-state index in [9.17, 15) is 23.3 Å². The molecular weight excluding hydrogens is 482 g/mol. The van der Waals surface area contributed by atoms with Crippen LogP contribution in [-0.4, -0.2) is 36.6 Å². The van der Waals surface area contributed by atoms with E-state index in [0.717, 1.165) is 16.6 Å². The molecule has 0 aliphatic rings. The number of nitro groups is 1. The molecule has 2 aromatic carbocycles. The molecule has 0 aliphatic carbocycles. The van der Waals surface area contributed by atoms with Gasteiger partial charge in [0.05, 0.1) is 33.2 Å². The number of carbonyl (C=O) groups excluding carboxylic acids is 1. The highest BCUT2D eigenvalue weighted by Gasteiger charge is 2.20. The minimum atomic E-state index is -4.11. The summed E-state index contributed by atoms with van der Waals surface area (Å²) in [5.41, 5.74) is 0.590. The fourth-order valence-electron chi connectivity index (χ4n) is 3.01. The van der Waals surface area contributed by atoms with Gasteiger partial charge in [-0.05, 0) is 41.8 Å². The molecule has 0 fully saturated rings. The number of nitrogens with one attached hydrogen (secondary N) is 3. The molecule has 1 amide bonds. The lowest BCUT2D eigenvalue weighted by Gasteiger charge is -2.12. The Morgan fingerprint density at radius 2 is 1.91 bits per heavy atom. The van der Waals surface area contributed by atoms with Crippen molar-refractivity contribution in [2.75, 3.05) is 17.1 Å². The van der Waals surface area contributed by atoms with Gasteiger partial charge in [-0.3, -0.25) is 24.7 Å². The summed E-state index contributed by atoms with van der Waals surface area (Å²) >= 11 is 1.53. The van der Waals surface area contributed by atoms with Gasteiger partial charge in [0.25, 0.3) is 21.6 Å². The second kappa shape index (κ2) is 9.33. The molecule has 0 spiro atoms. The lowest BCUT2D eigenvalue weighted by Crippen LogP contribution is -2.15. The molecule has 34 heavy (non-hydrogen) atoms. The van der Waals surface area contributed by atoms with Crippen molar-refractivity contribution in [1.82, 2.24) is 10.2 Å². The molecule has 11 nitrogen and oxygen atoms in total. The summed E-state index contributed by atoms with van der Waals surface area (Å²) in [6, 6.07) is 14.3. The van der Waals surface area contributed by atoms with Gasteiger partial charge in [-0.25, -0.2) is 8.42 Å². The van der Waals surface area contributed by atoms with E-state index in [1.165, 1.54) is 54.8 Å². The van der Waals surface area contributed by atoms with E-state index in [0.29, 0.717) is 5.82 Å². The summed E-state index contributed by atoms with van der Waals surface area (Å²) in [7, 11) is -2.80. The van der Waals surface area contributed by atoms with Crippen molar-refractivity contribution in [3.63, 3.8) is 0 Å². The van der Waals surface area contributed by atoms with Crippen molar-refractivity contribution in [3.8, 4) is 16.3 Å². The SMILES string of the molecule is COc1ccc([N+](=O)[O-])cc1NS(=O)(=O)c1ccc(C(=O)Nc2cc(-c3cccs3)[nH]n2)cc1. The van der Waals surface area contributed by atoms with Crippen molar-refractivity contribution < 1.29 is 22.9 Å². The molecule has 3 N–H and O–H groups in total. The van der Waals surface area contributed by atoms with Crippen LogP contribution in [0.5, 0.6) is 5.75 Å². The third-order valence-electron chi connectivity index (χ3n) is 4.67. The minimum Gasteiger partial charge on any atom is -0.495 e. The predicted octanol–water partition coefficient (Wildman–Crippen LogP) is 4.11. The number of nitro benzene ring substituents is 1. The van der Waals surface area contributed by atoms with Gasteiger partial charge < -0.3 is 10.1 Å². The number of anilines is 2. The maximum absolute atomic E-state index is 12.8. The minimum absolute atomic E-state index is 0.0846. The lowest BCUT2D eigenvalue weighted by molar-refractivity contribution is -0.384. The Balaban J connectivity index is 1.49. The first-order chi connectivity index (χ1) is 16.3. The maximum Gasteiger partial charge on any atom is 0.271 e. The molecule has 174 valence electrons. The molecule has 4 aromatic rings. The number of sulfonamides is 1. The summed E-state index contributed by atoms with van der Waals surface area (Å²) in [4.78, 5) is 23.7. The Morgan fingerprint density at radius 1 is 1.15 bits per heavy atom. The topological polar surface area (TPSA) is 156 Å². The zero-order valence-corrected chi connectivity index (χ0v) is 19.1. The van der Waals surface area contributed by atoms with Crippen molar-refractivity contribution in [2.45, 2.75) is 4.90 Å². The summed E-state index contributed by atoms with van der Waals surface area (Å²) < 4.78 is 32.9. The summed E-state index contributed by atoms with van der Waals surface area (Å²) in [6.45, 7) is 0. The van der Waals surface area contributed by atoms with Gasteiger partial charge in [0.2, 0.25) is 0 Å². The van der Waals surface area contributed by atoms with Gasteiger partial charge in [-0.15, -0.1) is 11.3 Å². The van der Waals surface area contributed by atoms with Crippen molar-refractivity contribution in [3.05, 3.63) is 81.7 Å². The van der Waals surface area contributed by atoms with Crippen LogP contribution in [0.1, 0.15) is 10.4 Å². The Morgan fingerprint density at radius 3 is 2.56 bits per heavy atom. The average molecular weight is 500 g/mol. The number of ether oxygens (including phenoxy) is 1. The highest BCUT2D eigenvalue weighted by molar-refractivity contribution is 7.92. The van der Waals surface area contributed by atoms with Crippen molar-refractivity contribution in [1.29, 1.82) is 0 Å². The van der Waals surface area contributed by atoms with Crippen LogP contribution >= 0.6 is 11.3 Å². The zero-order valence-electron chi connectivity index (χ0n) is 17.5. The third-order valence-corrected chi connectivity index (χ3v) is 6.96. The molecule has 0 saturated heterocycles. The predicted molar refractivity (Wildman–Crippen MR) is 127 cm³/mol. The highest BCUT2D eigenvalue weighted by atomic mass is 32.2. The van der Waals surface area contributed by atoms with Crippen molar-refractivity contribution in [2.24, 2.45) is 0 Å². The summed E-state index contributed by atoms with van der Waals surface area (Å²) in [5, 5.41) is 22.5. The molecule has 13 heteroatoms. The Hall–Kier alpha value is -4.23. The number of aromatic amines is 1. The number of non-ortho nitro benzene ring substituents is 1. The Labute approximate surface area is 197 Å². The number of aromatic nitrogens is 2. The largest absolute Gasteiger partial charge is 0.495 e. The molecule has 0 unspecified atom stereocenters. The van der Waals surface area contributed by atoms with Crippen LogP contribution < -0.4 is 14.8 Å². The number of carbonyl (C=O) groups is 1.